The molecular formula is C25H25FN4O4S. The summed E-state index contributed by atoms with van der Waals surface area (Å²) in [7, 11) is 1.27. The van der Waals surface area contributed by atoms with Crippen LogP contribution in [0.5, 0.6) is 0 Å². The highest BCUT2D eigenvalue weighted by Gasteiger charge is 2.20. The highest BCUT2D eigenvalue weighted by atomic mass is 32.2. The number of nitrogens with zero attached hydrogens (tertiary/aromatic N) is 4. The number of hydrogen-bond acceptors (Lipinski definition) is 7. The van der Waals surface area contributed by atoms with E-state index in [0.29, 0.717) is 28.3 Å². The second-order valence-corrected chi connectivity index (χ2v) is 9.09. The highest BCUT2D eigenvalue weighted by molar-refractivity contribution is 7.99. The first-order valence-corrected chi connectivity index (χ1v) is 11.9. The van der Waals surface area contributed by atoms with Gasteiger partial charge in [-0.2, -0.15) is 5.26 Å². The molecule has 1 aromatic heterocycles. The number of halogens is 1. The zero-order valence-corrected chi connectivity index (χ0v) is 20.5. The van der Waals surface area contributed by atoms with Gasteiger partial charge in [0.2, 0.25) is 5.91 Å². The number of amides is 1. The molecule has 0 N–H and O–H groups in total. The van der Waals surface area contributed by atoms with Crippen LogP contribution < -0.4 is 10.5 Å². The second kappa shape index (κ2) is 11.6. The average molecular weight is 497 g/mol. The third kappa shape index (κ3) is 6.25. The van der Waals surface area contributed by atoms with Gasteiger partial charge in [0.15, 0.2) is 5.16 Å². The first-order chi connectivity index (χ1) is 16.7. The molecule has 0 aliphatic rings. The Labute approximate surface area is 206 Å². The fourth-order valence-corrected chi connectivity index (χ4v) is 4.35. The lowest BCUT2D eigenvalue weighted by atomic mass is 10.1. The van der Waals surface area contributed by atoms with Crippen molar-refractivity contribution in [3.63, 3.8) is 0 Å². The molecule has 0 radical (unpaired) electrons. The van der Waals surface area contributed by atoms with Crippen molar-refractivity contribution in [2.24, 2.45) is 5.92 Å². The number of anilines is 1. The Kier molecular flexibility index (Phi) is 8.60. The number of methoxy groups -OCH3 is 1. The number of nitriles is 1. The van der Waals surface area contributed by atoms with E-state index in [1.54, 1.807) is 6.07 Å². The van der Waals surface area contributed by atoms with Crippen molar-refractivity contribution in [2.45, 2.75) is 32.0 Å². The maximum Gasteiger partial charge on any atom is 0.337 e. The van der Waals surface area contributed by atoms with Crippen LogP contribution >= 0.6 is 11.8 Å². The molecule has 0 spiro atoms. The van der Waals surface area contributed by atoms with Crippen LogP contribution in [0.25, 0.3) is 10.9 Å². The van der Waals surface area contributed by atoms with Gasteiger partial charge in [0.05, 0.1) is 41.8 Å². The summed E-state index contributed by atoms with van der Waals surface area (Å²) in [5.41, 5.74) is 0.795. The summed E-state index contributed by atoms with van der Waals surface area (Å²) in [4.78, 5) is 44.3. The normalized spacial score (nSPS) is 10.9. The van der Waals surface area contributed by atoms with E-state index in [0.717, 1.165) is 11.8 Å². The molecule has 0 saturated carbocycles. The predicted molar refractivity (Wildman–Crippen MR) is 132 cm³/mol. The zero-order valence-electron chi connectivity index (χ0n) is 19.7. The maximum atomic E-state index is 13.4. The van der Waals surface area contributed by atoms with Gasteiger partial charge in [0.1, 0.15) is 5.82 Å². The van der Waals surface area contributed by atoms with Crippen LogP contribution in [0.2, 0.25) is 0 Å². The molecule has 35 heavy (non-hydrogen) atoms. The number of hydrogen-bond donors (Lipinski definition) is 0. The second-order valence-electron chi connectivity index (χ2n) is 8.15. The minimum Gasteiger partial charge on any atom is -0.465 e. The van der Waals surface area contributed by atoms with E-state index in [9.17, 15) is 18.8 Å². The minimum absolute atomic E-state index is 0.0600. The van der Waals surface area contributed by atoms with Gasteiger partial charge in [-0.3, -0.25) is 14.2 Å². The number of fused-ring (bicyclic) bond motifs is 1. The lowest BCUT2D eigenvalue weighted by Crippen LogP contribution is -2.33. The van der Waals surface area contributed by atoms with Gasteiger partial charge < -0.3 is 9.64 Å². The van der Waals surface area contributed by atoms with Crippen LogP contribution in [0.4, 0.5) is 10.1 Å². The Morgan fingerprint density at radius 2 is 1.94 bits per heavy atom. The quantitative estimate of drug-likeness (QED) is 0.250. The van der Waals surface area contributed by atoms with Crippen molar-refractivity contribution in [3.05, 3.63) is 64.2 Å². The third-order valence-corrected chi connectivity index (χ3v) is 6.06. The van der Waals surface area contributed by atoms with E-state index >= 15 is 0 Å². The average Bonchev–Trinajstić information content (AvgIpc) is 2.84. The number of benzene rings is 2. The summed E-state index contributed by atoms with van der Waals surface area (Å²) in [6, 6.07) is 12.0. The Hall–Kier alpha value is -3.71. The van der Waals surface area contributed by atoms with Gasteiger partial charge in [-0.05, 0) is 48.4 Å². The van der Waals surface area contributed by atoms with E-state index in [1.807, 2.05) is 19.9 Å². The smallest absolute Gasteiger partial charge is 0.337 e. The van der Waals surface area contributed by atoms with Crippen molar-refractivity contribution in [1.29, 1.82) is 5.26 Å². The number of aromatic nitrogens is 2. The molecule has 2 aromatic carbocycles. The summed E-state index contributed by atoms with van der Waals surface area (Å²) in [6.45, 7) is 4.48. The predicted octanol–water partition coefficient (Wildman–Crippen LogP) is 4.02. The van der Waals surface area contributed by atoms with Crippen LogP contribution in [-0.2, 0) is 16.1 Å². The summed E-state index contributed by atoms with van der Waals surface area (Å²) in [6.07, 6.45) is 0.108. The Morgan fingerprint density at radius 1 is 1.23 bits per heavy atom. The van der Waals surface area contributed by atoms with Crippen molar-refractivity contribution in [3.8, 4) is 6.07 Å². The fraction of sp³-hybridized carbons (Fsp3) is 0.320. The minimum atomic E-state index is -0.545. The van der Waals surface area contributed by atoms with Crippen molar-refractivity contribution in [1.82, 2.24) is 9.55 Å². The lowest BCUT2D eigenvalue weighted by Gasteiger charge is -2.22. The standard InChI is InChI=1S/C25H25FN4O4S/c1-16(2)14-30-23(32)20-10-5-17(24(33)34-3)13-21(20)28-25(30)35-15-22(31)29(12-4-11-27)19-8-6-18(26)7-9-19/h5-10,13,16H,4,12,14-15H2,1-3H3. The molecule has 0 unspecified atom stereocenters. The van der Waals surface area contributed by atoms with Gasteiger partial charge >= 0.3 is 5.97 Å². The topological polar surface area (TPSA) is 105 Å². The van der Waals surface area contributed by atoms with Crippen molar-refractivity contribution < 1.29 is 18.7 Å². The molecule has 0 atom stereocenters. The van der Waals surface area contributed by atoms with Gasteiger partial charge in [-0.25, -0.2) is 14.2 Å². The summed E-state index contributed by atoms with van der Waals surface area (Å²) in [5, 5.41) is 9.69. The molecule has 3 rings (SSSR count). The molecular weight excluding hydrogens is 471 g/mol. The first-order valence-electron chi connectivity index (χ1n) is 10.9. The molecule has 182 valence electrons. The summed E-state index contributed by atoms with van der Waals surface area (Å²) in [5.74, 6) is -1.21. The maximum absolute atomic E-state index is 13.4. The van der Waals surface area contributed by atoms with E-state index in [4.69, 9.17) is 10.00 Å². The largest absolute Gasteiger partial charge is 0.465 e. The van der Waals surface area contributed by atoms with E-state index < -0.39 is 11.8 Å². The Morgan fingerprint density at radius 3 is 2.57 bits per heavy atom. The van der Waals surface area contributed by atoms with Crippen LogP contribution in [0, 0.1) is 23.1 Å². The van der Waals surface area contributed by atoms with Crippen molar-refractivity contribution >= 4 is 40.2 Å². The zero-order chi connectivity index (χ0) is 25.5. The van der Waals surface area contributed by atoms with Crippen molar-refractivity contribution in [2.75, 3.05) is 24.3 Å². The van der Waals surface area contributed by atoms with E-state index in [2.05, 4.69) is 4.98 Å². The van der Waals surface area contributed by atoms with Gasteiger partial charge in [-0.1, -0.05) is 25.6 Å². The SMILES string of the molecule is COC(=O)c1ccc2c(=O)n(CC(C)C)c(SCC(=O)N(CCC#N)c3ccc(F)cc3)nc2c1. The van der Waals surface area contributed by atoms with Gasteiger partial charge in [-0.15, -0.1) is 0 Å². The molecule has 8 nitrogen and oxygen atoms in total. The molecule has 10 heteroatoms. The van der Waals surface area contributed by atoms with Crippen LogP contribution in [0.1, 0.15) is 30.6 Å². The first kappa shape index (κ1) is 25.9. The number of carbonyl (C=O) groups excluding carboxylic acids is 2. The Balaban J connectivity index is 1.96. The molecule has 0 aliphatic heterocycles. The molecule has 3 aromatic rings. The highest BCUT2D eigenvalue weighted by Crippen LogP contribution is 2.23. The summed E-state index contributed by atoms with van der Waals surface area (Å²) < 4.78 is 19.6. The molecule has 0 aliphatic carbocycles. The van der Waals surface area contributed by atoms with Gasteiger partial charge in [0, 0.05) is 18.8 Å². The molecule has 0 fully saturated rings. The van der Waals surface area contributed by atoms with E-state index in [1.165, 1.54) is 53.0 Å². The molecule has 0 saturated heterocycles. The van der Waals surface area contributed by atoms with E-state index in [-0.39, 0.29) is 41.7 Å². The number of rotatable bonds is 9. The lowest BCUT2D eigenvalue weighted by molar-refractivity contribution is -0.116. The molecule has 1 amide bonds. The molecule has 0 bridgehead atoms. The van der Waals surface area contributed by atoms with Crippen LogP contribution in [0.3, 0.4) is 0 Å². The van der Waals surface area contributed by atoms with Crippen LogP contribution in [0.15, 0.2) is 52.4 Å². The number of carbonyl (C=O) groups is 2. The Bertz CT molecular complexity index is 1330. The van der Waals surface area contributed by atoms with Gasteiger partial charge in [0.25, 0.3) is 5.56 Å². The molecule has 1 heterocycles. The number of ether oxygens (including phenoxy) is 1. The number of esters is 1. The fourth-order valence-electron chi connectivity index (χ4n) is 3.47. The number of thioether (sulfide) groups is 1. The van der Waals surface area contributed by atoms with Crippen LogP contribution in [-0.4, -0.2) is 40.8 Å². The monoisotopic (exact) mass is 496 g/mol. The third-order valence-electron chi connectivity index (χ3n) is 5.10. The summed E-state index contributed by atoms with van der Waals surface area (Å²) >= 11 is 1.09.